The van der Waals surface area contributed by atoms with Crippen molar-refractivity contribution in [1.82, 2.24) is 24.8 Å². The van der Waals surface area contributed by atoms with Gasteiger partial charge in [-0.3, -0.25) is 9.48 Å². The summed E-state index contributed by atoms with van der Waals surface area (Å²) in [5.74, 6) is 1.07. The molecule has 2 heterocycles. The van der Waals surface area contributed by atoms with Gasteiger partial charge in [-0.25, -0.2) is 0 Å². The number of hydrogen-bond donors (Lipinski definition) is 0. The van der Waals surface area contributed by atoms with Crippen LogP contribution in [0, 0.1) is 13.8 Å². The first kappa shape index (κ1) is 18.8. The summed E-state index contributed by atoms with van der Waals surface area (Å²) in [5.41, 5.74) is 3.87. The second-order valence-corrected chi connectivity index (χ2v) is 6.56. The molecule has 3 rings (SSSR count). The largest absolute Gasteiger partial charge is 0.337 e. The highest BCUT2D eigenvalue weighted by Gasteiger charge is 2.17. The lowest BCUT2D eigenvalue weighted by molar-refractivity contribution is 0.0734. The van der Waals surface area contributed by atoms with Crippen LogP contribution < -0.4 is 0 Å². The molecule has 142 valence electrons. The molecule has 7 heteroatoms. The number of nitrogens with zero attached hydrogens (tertiary/aromatic N) is 5. The van der Waals surface area contributed by atoms with Gasteiger partial charge in [0, 0.05) is 24.2 Å². The predicted octanol–water partition coefficient (Wildman–Crippen LogP) is 3.16. The third-order valence-corrected chi connectivity index (χ3v) is 4.46. The number of carbonyl (C=O) groups is 1. The summed E-state index contributed by atoms with van der Waals surface area (Å²) < 4.78 is 7.17. The fourth-order valence-corrected chi connectivity index (χ4v) is 2.93. The van der Waals surface area contributed by atoms with Crippen molar-refractivity contribution in [3.05, 3.63) is 64.6 Å². The van der Waals surface area contributed by atoms with Gasteiger partial charge in [0.2, 0.25) is 5.89 Å². The van der Waals surface area contributed by atoms with Gasteiger partial charge in [0.1, 0.15) is 6.54 Å². The number of aromatic nitrogens is 4. The van der Waals surface area contributed by atoms with Crippen molar-refractivity contribution in [3.63, 3.8) is 0 Å². The maximum Gasteiger partial charge on any atom is 0.254 e. The normalized spacial score (nSPS) is 11.0. The van der Waals surface area contributed by atoms with Crippen LogP contribution >= 0.6 is 0 Å². The molecule has 0 unspecified atom stereocenters. The number of hydrogen-bond acceptors (Lipinski definition) is 5. The van der Waals surface area contributed by atoms with Gasteiger partial charge < -0.3 is 9.42 Å². The average molecular weight is 367 g/mol. The summed E-state index contributed by atoms with van der Waals surface area (Å²) in [7, 11) is 0. The quantitative estimate of drug-likeness (QED) is 0.641. The van der Waals surface area contributed by atoms with Crippen molar-refractivity contribution in [2.45, 2.75) is 47.2 Å². The van der Waals surface area contributed by atoms with E-state index < -0.39 is 0 Å². The fraction of sp³-hybridized carbons (Fsp3) is 0.400. The summed E-state index contributed by atoms with van der Waals surface area (Å²) >= 11 is 0. The zero-order valence-electron chi connectivity index (χ0n) is 16.3. The SMILES string of the molecule is CCc1noc(CN(CC)C(=O)c2ccc(Cn3nc(C)cc3C)cc2)n1. The van der Waals surface area contributed by atoms with E-state index in [9.17, 15) is 4.79 Å². The van der Waals surface area contributed by atoms with Crippen molar-refractivity contribution in [1.29, 1.82) is 0 Å². The molecular formula is C20H25N5O2. The van der Waals surface area contributed by atoms with E-state index in [0.717, 1.165) is 17.0 Å². The smallest absolute Gasteiger partial charge is 0.254 e. The Labute approximate surface area is 159 Å². The molecule has 0 radical (unpaired) electrons. The van der Waals surface area contributed by atoms with Gasteiger partial charge in [0.25, 0.3) is 5.91 Å². The molecule has 0 saturated carbocycles. The maximum atomic E-state index is 12.8. The second-order valence-electron chi connectivity index (χ2n) is 6.56. The first-order valence-electron chi connectivity index (χ1n) is 9.20. The first-order chi connectivity index (χ1) is 13.0. The van der Waals surface area contributed by atoms with Crippen LogP contribution in [0.3, 0.4) is 0 Å². The monoisotopic (exact) mass is 367 g/mol. The van der Waals surface area contributed by atoms with Crippen LogP contribution in [0.15, 0.2) is 34.9 Å². The van der Waals surface area contributed by atoms with Gasteiger partial charge in [0.05, 0.1) is 12.2 Å². The van der Waals surface area contributed by atoms with E-state index in [0.29, 0.717) is 43.3 Å². The summed E-state index contributed by atoms with van der Waals surface area (Å²) in [6, 6.07) is 9.71. The van der Waals surface area contributed by atoms with Crippen molar-refractivity contribution >= 4 is 5.91 Å². The van der Waals surface area contributed by atoms with Crippen LogP contribution in [-0.4, -0.2) is 37.3 Å². The predicted molar refractivity (Wildman–Crippen MR) is 101 cm³/mol. The summed E-state index contributed by atoms with van der Waals surface area (Å²) in [4.78, 5) is 18.8. The molecule has 0 aliphatic rings. The van der Waals surface area contributed by atoms with Crippen LogP contribution in [0.1, 0.15) is 52.9 Å². The minimum Gasteiger partial charge on any atom is -0.337 e. The summed E-state index contributed by atoms with van der Waals surface area (Å²) in [6.45, 7) is 9.49. The van der Waals surface area contributed by atoms with Gasteiger partial charge in [-0.15, -0.1) is 0 Å². The first-order valence-corrected chi connectivity index (χ1v) is 9.20. The fourth-order valence-electron chi connectivity index (χ4n) is 2.93. The van der Waals surface area contributed by atoms with E-state index >= 15 is 0 Å². The molecule has 2 aromatic heterocycles. The highest BCUT2D eigenvalue weighted by molar-refractivity contribution is 5.94. The molecular weight excluding hydrogens is 342 g/mol. The van der Waals surface area contributed by atoms with E-state index in [1.165, 1.54) is 0 Å². The number of rotatable bonds is 7. The van der Waals surface area contributed by atoms with Crippen molar-refractivity contribution in [2.24, 2.45) is 0 Å². The zero-order valence-corrected chi connectivity index (χ0v) is 16.3. The topological polar surface area (TPSA) is 77.0 Å². The highest BCUT2D eigenvalue weighted by atomic mass is 16.5. The van der Waals surface area contributed by atoms with E-state index in [1.54, 1.807) is 4.90 Å². The van der Waals surface area contributed by atoms with E-state index in [4.69, 9.17) is 4.52 Å². The molecule has 0 saturated heterocycles. The lowest BCUT2D eigenvalue weighted by Crippen LogP contribution is -2.30. The molecule has 0 fully saturated rings. The van der Waals surface area contributed by atoms with Gasteiger partial charge in [-0.2, -0.15) is 10.1 Å². The number of carbonyl (C=O) groups excluding carboxylic acids is 1. The summed E-state index contributed by atoms with van der Waals surface area (Å²) in [6.07, 6.45) is 0.709. The van der Waals surface area contributed by atoms with Gasteiger partial charge >= 0.3 is 0 Å². The van der Waals surface area contributed by atoms with Crippen LogP contribution in [-0.2, 0) is 19.5 Å². The molecule has 0 spiro atoms. The van der Waals surface area contributed by atoms with Crippen LogP contribution in [0.5, 0.6) is 0 Å². The van der Waals surface area contributed by atoms with E-state index in [2.05, 4.69) is 21.3 Å². The molecule has 0 atom stereocenters. The molecule has 27 heavy (non-hydrogen) atoms. The Kier molecular flexibility index (Phi) is 5.69. The van der Waals surface area contributed by atoms with E-state index in [1.807, 2.05) is 56.6 Å². The Morgan fingerprint density at radius 1 is 1.19 bits per heavy atom. The van der Waals surface area contributed by atoms with Crippen LogP contribution in [0.4, 0.5) is 0 Å². The minimum atomic E-state index is -0.0496. The number of amides is 1. The number of benzene rings is 1. The average Bonchev–Trinajstić information content (AvgIpc) is 3.25. The van der Waals surface area contributed by atoms with Crippen LogP contribution in [0.2, 0.25) is 0 Å². The van der Waals surface area contributed by atoms with Crippen molar-refractivity contribution in [2.75, 3.05) is 6.54 Å². The molecule has 0 aliphatic heterocycles. The summed E-state index contributed by atoms with van der Waals surface area (Å²) in [5, 5.41) is 8.36. The Morgan fingerprint density at radius 3 is 2.48 bits per heavy atom. The molecule has 0 aliphatic carbocycles. The van der Waals surface area contributed by atoms with Gasteiger partial charge in [-0.1, -0.05) is 24.2 Å². The van der Waals surface area contributed by atoms with E-state index in [-0.39, 0.29) is 5.91 Å². The zero-order chi connectivity index (χ0) is 19.4. The Balaban J connectivity index is 1.68. The van der Waals surface area contributed by atoms with Gasteiger partial charge in [-0.05, 0) is 44.5 Å². The molecule has 0 N–H and O–H groups in total. The van der Waals surface area contributed by atoms with Gasteiger partial charge in [0.15, 0.2) is 5.82 Å². The highest BCUT2D eigenvalue weighted by Crippen LogP contribution is 2.13. The standard InChI is InChI=1S/C20H25N5O2/c1-5-18-21-19(27-23-18)13-24(6-2)20(26)17-9-7-16(8-10-17)12-25-15(4)11-14(3)22-25/h7-11H,5-6,12-13H2,1-4H3. The maximum absolute atomic E-state index is 12.8. The van der Waals surface area contributed by atoms with Crippen LogP contribution in [0.25, 0.3) is 0 Å². The third kappa shape index (κ3) is 4.42. The minimum absolute atomic E-state index is 0.0496. The number of aryl methyl sites for hydroxylation is 3. The second kappa shape index (κ2) is 8.16. The van der Waals surface area contributed by atoms with Crippen molar-refractivity contribution < 1.29 is 9.32 Å². The lowest BCUT2D eigenvalue weighted by Gasteiger charge is -2.19. The Morgan fingerprint density at radius 2 is 1.93 bits per heavy atom. The Hall–Kier alpha value is -2.96. The third-order valence-electron chi connectivity index (χ3n) is 4.46. The molecule has 7 nitrogen and oxygen atoms in total. The molecule has 3 aromatic rings. The molecule has 0 bridgehead atoms. The molecule has 1 aromatic carbocycles. The Bertz CT molecular complexity index is 911. The molecule has 1 amide bonds. The van der Waals surface area contributed by atoms with Crippen molar-refractivity contribution in [3.8, 4) is 0 Å². The lowest BCUT2D eigenvalue weighted by atomic mass is 10.1.